The van der Waals surface area contributed by atoms with Crippen molar-refractivity contribution in [2.45, 2.75) is 19.9 Å². The number of hydrogen-bond donors (Lipinski definition) is 1. The molecule has 5 rings (SSSR count). The number of aryl methyl sites for hydroxylation is 2. The van der Waals surface area contributed by atoms with Gasteiger partial charge < -0.3 is 14.8 Å². The Balaban J connectivity index is 1.32. The number of fused-ring (bicyclic) bond motifs is 1. The molecule has 37 heavy (non-hydrogen) atoms. The van der Waals surface area contributed by atoms with Crippen LogP contribution >= 0.6 is 0 Å². The van der Waals surface area contributed by atoms with Crippen molar-refractivity contribution < 1.29 is 13.0 Å². The standard InChI is InChI=1S/C29H33N7O/c1-19-16-21(29(37)34(3)4)6-7-23(19)20-11-14-36(15-12-20)18-22-17-25-24(10-13-31-28(25)35(22)5)26-8-9-27(30-2)33-32-26/h6-11,13,16-17H,12,14-15,18H2,1-5H3,(H,30,33)/i3D3,4D3. The zero-order valence-corrected chi connectivity index (χ0v) is 21.1. The maximum Gasteiger partial charge on any atom is 0.253 e. The number of anilines is 1. The van der Waals surface area contributed by atoms with E-state index < -0.39 is 19.9 Å². The van der Waals surface area contributed by atoms with Gasteiger partial charge >= 0.3 is 0 Å². The SMILES string of the molecule is [2H]C([2H])([2H])N(C(=O)c1ccc(C2=CCN(Cc3cc4c(-c5ccc(NC)nn5)ccnc4n3C)CC2)c(C)c1)C([2H])([2H])[2H]. The van der Waals surface area contributed by atoms with E-state index in [-0.39, 0.29) is 10.5 Å². The summed E-state index contributed by atoms with van der Waals surface area (Å²) in [5, 5.41) is 12.6. The first-order valence-corrected chi connectivity index (χ1v) is 12.1. The maximum atomic E-state index is 12.9. The Labute approximate surface area is 226 Å². The lowest BCUT2D eigenvalue weighted by molar-refractivity contribution is 0.0827. The van der Waals surface area contributed by atoms with Crippen molar-refractivity contribution in [3.05, 3.63) is 77.1 Å². The van der Waals surface area contributed by atoms with Gasteiger partial charge in [-0.1, -0.05) is 12.1 Å². The van der Waals surface area contributed by atoms with Crippen LogP contribution in [0.2, 0.25) is 0 Å². The number of aromatic nitrogens is 4. The van der Waals surface area contributed by atoms with Gasteiger partial charge in [-0.25, -0.2) is 4.98 Å². The molecule has 4 heterocycles. The predicted molar refractivity (Wildman–Crippen MR) is 148 cm³/mol. The Morgan fingerprint density at radius 3 is 2.68 bits per heavy atom. The van der Waals surface area contributed by atoms with Crippen LogP contribution in [0.5, 0.6) is 0 Å². The van der Waals surface area contributed by atoms with Crippen molar-refractivity contribution in [2.24, 2.45) is 7.05 Å². The summed E-state index contributed by atoms with van der Waals surface area (Å²) in [6.45, 7) is -2.06. The highest BCUT2D eigenvalue weighted by molar-refractivity contribution is 5.95. The number of pyridine rings is 1. The average Bonchev–Trinajstić information content (AvgIpc) is 3.27. The van der Waals surface area contributed by atoms with Crippen LogP contribution in [-0.4, -0.2) is 69.5 Å². The normalized spacial score (nSPS) is 17.1. The molecule has 1 N–H and O–H groups in total. The van der Waals surface area contributed by atoms with Crippen LogP contribution in [0.3, 0.4) is 0 Å². The molecule has 0 aliphatic carbocycles. The average molecular weight is 502 g/mol. The Hall–Kier alpha value is -4.04. The minimum absolute atomic E-state index is 0.00932. The summed E-state index contributed by atoms with van der Waals surface area (Å²) in [4.78, 5) is 19.8. The van der Waals surface area contributed by atoms with Gasteiger partial charge in [0.25, 0.3) is 5.91 Å². The molecule has 0 bridgehead atoms. The fraction of sp³-hybridized carbons (Fsp3) is 0.310. The molecule has 1 aromatic carbocycles. The summed E-state index contributed by atoms with van der Waals surface area (Å²) >= 11 is 0. The van der Waals surface area contributed by atoms with Crippen molar-refractivity contribution in [3.63, 3.8) is 0 Å². The van der Waals surface area contributed by atoms with E-state index in [1.807, 2.05) is 32.2 Å². The summed E-state index contributed by atoms with van der Waals surface area (Å²) in [5.41, 5.74) is 6.64. The summed E-state index contributed by atoms with van der Waals surface area (Å²) in [6, 6.07) is 12.8. The predicted octanol–water partition coefficient (Wildman–Crippen LogP) is 4.37. The monoisotopic (exact) mass is 501 g/mol. The number of rotatable bonds is 6. The van der Waals surface area contributed by atoms with E-state index in [1.165, 1.54) is 6.07 Å². The molecule has 0 saturated heterocycles. The summed E-state index contributed by atoms with van der Waals surface area (Å²) in [5.74, 6) is -0.346. The van der Waals surface area contributed by atoms with Gasteiger partial charge in [-0.15, -0.1) is 10.2 Å². The summed E-state index contributed by atoms with van der Waals surface area (Å²) in [7, 11) is 3.82. The lowest BCUT2D eigenvalue weighted by Gasteiger charge is -2.27. The highest BCUT2D eigenvalue weighted by Gasteiger charge is 2.19. The van der Waals surface area contributed by atoms with Gasteiger partial charge in [0, 0.05) is 84.3 Å². The number of amides is 1. The minimum atomic E-state index is -3.09. The highest BCUT2D eigenvalue weighted by atomic mass is 16.2. The number of benzene rings is 1. The Morgan fingerprint density at radius 2 is 2.00 bits per heavy atom. The fourth-order valence-corrected chi connectivity index (χ4v) is 4.87. The molecule has 0 spiro atoms. The molecule has 1 aliphatic heterocycles. The lowest BCUT2D eigenvalue weighted by Crippen LogP contribution is -2.29. The molecule has 0 fully saturated rings. The number of hydrogen-bond acceptors (Lipinski definition) is 6. The van der Waals surface area contributed by atoms with E-state index in [0.29, 0.717) is 5.82 Å². The number of carbonyl (C=O) groups excluding carboxylic acids is 1. The van der Waals surface area contributed by atoms with E-state index in [4.69, 9.17) is 8.22 Å². The van der Waals surface area contributed by atoms with Crippen LogP contribution in [-0.2, 0) is 13.6 Å². The van der Waals surface area contributed by atoms with Crippen LogP contribution in [0, 0.1) is 6.92 Å². The molecule has 0 atom stereocenters. The number of nitrogens with one attached hydrogen (secondary N) is 1. The first-order chi connectivity index (χ1) is 20.3. The molecule has 3 aromatic heterocycles. The van der Waals surface area contributed by atoms with Crippen molar-refractivity contribution in [2.75, 3.05) is 39.4 Å². The summed E-state index contributed by atoms with van der Waals surface area (Å²) in [6.07, 6.45) is 4.73. The maximum absolute atomic E-state index is 12.9. The van der Waals surface area contributed by atoms with Crippen LogP contribution < -0.4 is 5.32 Å². The van der Waals surface area contributed by atoms with Crippen LogP contribution in [0.15, 0.2) is 54.7 Å². The zero-order chi connectivity index (χ0) is 31.1. The van der Waals surface area contributed by atoms with Gasteiger partial charge in [0.05, 0.1) is 5.69 Å². The van der Waals surface area contributed by atoms with E-state index in [0.717, 1.165) is 70.7 Å². The van der Waals surface area contributed by atoms with Crippen LogP contribution in [0.25, 0.3) is 27.9 Å². The molecule has 8 nitrogen and oxygen atoms in total. The molecule has 0 unspecified atom stereocenters. The molecule has 1 aliphatic rings. The highest BCUT2D eigenvalue weighted by Crippen LogP contribution is 2.30. The van der Waals surface area contributed by atoms with Crippen LogP contribution in [0.1, 0.15) is 41.8 Å². The molecule has 0 saturated carbocycles. The van der Waals surface area contributed by atoms with Gasteiger partial charge in [-0.2, -0.15) is 0 Å². The third-order valence-corrected chi connectivity index (χ3v) is 6.93. The van der Waals surface area contributed by atoms with Crippen molar-refractivity contribution >= 4 is 28.3 Å². The second kappa shape index (κ2) is 10.1. The van der Waals surface area contributed by atoms with Crippen molar-refractivity contribution in [1.29, 1.82) is 0 Å². The third kappa shape index (κ3) is 4.84. The first kappa shape index (κ1) is 18.2. The van der Waals surface area contributed by atoms with Crippen molar-refractivity contribution in [1.82, 2.24) is 29.5 Å². The number of nitrogens with zero attached hydrogens (tertiary/aromatic N) is 6. The third-order valence-electron chi connectivity index (χ3n) is 6.93. The van der Waals surface area contributed by atoms with Crippen LogP contribution in [0.4, 0.5) is 5.82 Å². The lowest BCUT2D eigenvalue weighted by atomic mass is 9.94. The molecule has 8 heteroatoms. The summed E-state index contributed by atoms with van der Waals surface area (Å²) < 4.78 is 47.4. The molecular weight excluding hydrogens is 462 g/mol. The quantitative estimate of drug-likeness (QED) is 0.423. The molecular formula is C29H33N7O. The molecule has 190 valence electrons. The van der Waals surface area contributed by atoms with Gasteiger partial charge in [0.1, 0.15) is 11.5 Å². The van der Waals surface area contributed by atoms with Crippen molar-refractivity contribution in [3.8, 4) is 11.3 Å². The van der Waals surface area contributed by atoms with Gasteiger partial charge in [-0.05, 0) is 66.4 Å². The Kier molecular flexibility index (Phi) is 5.00. The van der Waals surface area contributed by atoms with Gasteiger partial charge in [0.2, 0.25) is 0 Å². The van der Waals surface area contributed by atoms with E-state index in [1.54, 1.807) is 25.4 Å². The second-order valence-electron chi connectivity index (χ2n) is 9.23. The zero-order valence-electron chi connectivity index (χ0n) is 27.1. The Bertz CT molecular complexity index is 1680. The second-order valence-corrected chi connectivity index (χ2v) is 9.23. The van der Waals surface area contributed by atoms with E-state index in [2.05, 4.69) is 42.1 Å². The topological polar surface area (TPSA) is 79.2 Å². The number of carbonyl (C=O) groups is 1. The van der Waals surface area contributed by atoms with E-state index >= 15 is 0 Å². The molecule has 4 aromatic rings. The molecule has 1 amide bonds. The fourth-order valence-electron chi connectivity index (χ4n) is 4.87. The first-order valence-electron chi connectivity index (χ1n) is 15.1. The smallest absolute Gasteiger partial charge is 0.253 e. The minimum Gasteiger partial charge on any atom is -0.372 e. The van der Waals surface area contributed by atoms with Gasteiger partial charge in [-0.3, -0.25) is 9.69 Å². The largest absolute Gasteiger partial charge is 0.372 e. The van der Waals surface area contributed by atoms with E-state index in [9.17, 15) is 4.79 Å². The Morgan fingerprint density at radius 1 is 1.14 bits per heavy atom. The van der Waals surface area contributed by atoms with Gasteiger partial charge in [0.15, 0.2) is 0 Å². The molecule has 0 radical (unpaired) electrons.